The third kappa shape index (κ3) is 2.12. The molecule has 19 heavy (non-hydrogen) atoms. The van der Waals surface area contributed by atoms with Gasteiger partial charge < -0.3 is 9.52 Å². The lowest BCUT2D eigenvalue weighted by atomic mass is 9.92. The van der Waals surface area contributed by atoms with E-state index in [1.807, 2.05) is 25.2 Å². The first-order valence-electron chi connectivity index (χ1n) is 6.61. The average molecular weight is 259 g/mol. The Morgan fingerprint density at radius 2 is 2.16 bits per heavy atom. The summed E-state index contributed by atoms with van der Waals surface area (Å²) < 4.78 is 5.73. The van der Waals surface area contributed by atoms with Crippen LogP contribution in [0.25, 0.3) is 11.0 Å². The molecule has 0 spiro atoms. The summed E-state index contributed by atoms with van der Waals surface area (Å²) in [6, 6.07) is 7.87. The molecule has 2 aromatic rings. The van der Waals surface area contributed by atoms with Crippen molar-refractivity contribution in [3.8, 4) is 0 Å². The maximum absolute atomic E-state index is 11.5. The van der Waals surface area contributed by atoms with Gasteiger partial charge in [0.25, 0.3) is 0 Å². The van der Waals surface area contributed by atoms with Gasteiger partial charge in [-0.15, -0.1) is 0 Å². The normalized spacial score (nSPS) is 15.9. The topological polar surface area (TPSA) is 53.7 Å². The highest BCUT2D eigenvalue weighted by atomic mass is 16.4. The second kappa shape index (κ2) is 4.70. The van der Waals surface area contributed by atoms with E-state index < -0.39 is 5.97 Å². The standard InChI is InChI=1S/C15H17NO3/c1-16(10-5-4-6-10)9-13-14(15(17)18)11-7-2-3-8-12(11)19-13/h2-3,7-8,10H,4-6,9H2,1H3,(H,17,18). The van der Waals surface area contributed by atoms with Crippen molar-refractivity contribution in [2.75, 3.05) is 7.05 Å². The Kier molecular flexibility index (Phi) is 3.03. The summed E-state index contributed by atoms with van der Waals surface area (Å²) in [6.45, 7) is 0.557. The summed E-state index contributed by atoms with van der Waals surface area (Å²) in [5, 5.41) is 10.1. The molecule has 3 rings (SSSR count). The molecule has 4 heteroatoms. The number of fused-ring (bicyclic) bond motifs is 1. The van der Waals surface area contributed by atoms with E-state index in [9.17, 15) is 9.90 Å². The van der Waals surface area contributed by atoms with Crippen LogP contribution in [0.1, 0.15) is 35.4 Å². The van der Waals surface area contributed by atoms with Gasteiger partial charge in [0.15, 0.2) is 0 Å². The maximum atomic E-state index is 11.5. The Balaban J connectivity index is 1.97. The molecule has 0 amide bonds. The molecule has 0 aliphatic heterocycles. The summed E-state index contributed by atoms with van der Waals surface area (Å²) in [4.78, 5) is 13.6. The number of para-hydroxylation sites is 1. The number of aromatic carboxylic acids is 1. The van der Waals surface area contributed by atoms with Crippen molar-refractivity contribution in [2.45, 2.75) is 31.8 Å². The SMILES string of the molecule is CN(Cc1oc2ccccc2c1C(=O)O)C1CCC1. The van der Waals surface area contributed by atoms with Gasteiger partial charge in [0.05, 0.1) is 6.54 Å². The van der Waals surface area contributed by atoms with E-state index in [1.165, 1.54) is 19.3 Å². The third-order valence-corrected chi connectivity index (χ3v) is 3.97. The Labute approximate surface area is 111 Å². The van der Waals surface area contributed by atoms with E-state index in [0.717, 1.165) is 0 Å². The zero-order valence-electron chi connectivity index (χ0n) is 10.9. The molecule has 0 atom stereocenters. The fraction of sp³-hybridized carbons (Fsp3) is 0.400. The predicted octanol–water partition coefficient (Wildman–Crippen LogP) is 3.12. The van der Waals surface area contributed by atoms with Crippen LogP contribution < -0.4 is 0 Å². The van der Waals surface area contributed by atoms with Gasteiger partial charge in [-0.3, -0.25) is 4.90 Å². The Hall–Kier alpha value is -1.81. The fourth-order valence-corrected chi connectivity index (χ4v) is 2.63. The molecule has 0 bridgehead atoms. The van der Waals surface area contributed by atoms with Crippen molar-refractivity contribution in [3.05, 3.63) is 35.6 Å². The Morgan fingerprint density at radius 3 is 2.79 bits per heavy atom. The third-order valence-electron chi connectivity index (χ3n) is 3.97. The summed E-state index contributed by atoms with van der Waals surface area (Å²) >= 11 is 0. The number of benzene rings is 1. The molecule has 1 aromatic carbocycles. The van der Waals surface area contributed by atoms with Gasteiger partial charge in [0.2, 0.25) is 0 Å². The fourth-order valence-electron chi connectivity index (χ4n) is 2.63. The summed E-state index contributed by atoms with van der Waals surface area (Å²) in [5.74, 6) is -0.356. The second-order valence-corrected chi connectivity index (χ2v) is 5.20. The molecule has 0 unspecified atom stereocenters. The zero-order valence-corrected chi connectivity index (χ0v) is 10.9. The van der Waals surface area contributed by atoms with Crippen LogP contribution in [0.2, 0.25) is 0 Å². The monoisotopic (exact) mass is 259 g/mol. The first kappa shape index (κ1) is 12.2. The summed E-state index contributed by atoms with van der Waals surface area (Å²) in [7, 11) is 2.03. The van der Waals surface area contributed by atoms with Gasteiger partial charge in [0.1, 0.15) is 16.9 Å². The molecular weight excluding hydrogens is 242 g/mol. The Bertz CT molecular complexity index is 613. The lowest BCUT2D eigenvalue weighted by Crippen LogP contribution is -2.36. The summed E-state index contributed by atoms with van der Waals surface area (Å²) in [5.41, 5.74) is 0.957. The number of carbonyl (C=O) groups is 1. The van der Waals surface area contributed by atoms with Crippen LogP contribution in [0.3, 0.4) is 0 Å². The molecule has 0 radical (unpaired) electrons. The predicted molar refractivity (Wildman–Crippen MR) is 72.3 cm³/mol. The minimum Gasteiger partial charge on any atom is -0.478 e. The molecule has 1 saturated carbocycles. The quantitative estimate of drug-likeness (QED) is 0.916. The minimum atomic E-state index is -0.915. The van der Waals surface area contributed by atoms with Crippen molar-refractivity contribution < 1.29 is 14.3 Å². The van der Waals surface area contributed by atoms with Crippen LogP contribution in [0.5, 0.6) is 0 Å². The van der Waals surface area contributed by atoms with Crippen molar-refractivity contribution in [1.29, 1.82) is 0 Å². The minimum absolute atomic E-state index is 0.307. The molecule has 1 aliphatic carbocycles. The molecule has 4 nitrogen and oxygen atoms in total. The first-order chi connectivity index (χ1) is 9.16. The van der Waals surface area contributed by atoms with Crippen molar-refractivity contribution >= 4 is 16.9 Å². The number of hydrogen-bond acceptors (Lipinski definition) is 3. The summed E-state index contributed by atoms with van der Waals surface area (Å²) in [6.07, 6.45) is 3.65. The van der Waals surface area contributed by atoms with Crippen molar-refractivity contribution in [1.82, 2.24) is 4.90 Å². The molecule has 1 aromatic heterocycles. The number of furan rings is 1. The largest absolute Gasteiger partial charge is 0.478 e. The van der Waals surface area contributed by atoms with Crippen LogP contribution in [-0.2, 0) is 6.54 Å². The molecule has 100 valence electrons. The molecule has 1 heterocycles. The zero-order chi connectivity index (χ0) is 13.4. The van der Waals surface area contributed by atoms with Gasteiger partial charge >= 0.3 is 5.97 Å². The molecule has 0 saturated heterocycles. The number of carboxylic acids is 1. The average Bonchev–Trinajstić information content (AvgIpc) is 2.63. The molecular formula is C15H17NO3. The van der Waals surface area contributed by atoms with Crippen molar-refractivity contribution in [2.24, 2.45) is 0 Å². The van der Waals surface area contributed by atoms with Crippen LogP contribution in [0.4, 0.5) is 0 Å². The highest BCUT2D eigenvalue weighted by Crippen LogP contribution is 2.29. The highest BCUT2D eigenvalue weighted by Gasteiger charge is 2.26. The van der Waals surface area contributed by atoms with Gasteiger partial charge in [-0.05, 0) is 26.0 Å². The van der Waals surface area contributed by atoms with E-state index in [-0.39, 0.29) is 0 Å². The molecule has 1 aliphatic rings. The van der Waals surface area contributed by atoms with E-state index in [0.29, 0.717) is 34.9 Å². The number of nitrogens with zero attached hydrogens (tertiary/aromatic N) is 1. The van der Waals surface area contributed by atoms with E-state index in [4.69, 9.17) is 4.42 Å². The first-order valence-corrected chi connectivity index (χ1v) is 6.61. The van der Waals surface area contributed by atoms with Crippen LogP contribution in [0, 0.1) is 0 Å². The number of rotatable bonds is 4. The van der Waals surface area contributed by atoms with Gasteiger partial charge in [0, 0.05) is 11.4 Å². The number of hydrogen-bond donors (Lipinski definition) is 1. The van der Waals surface area contributed by atoms with E-state index in [1.54, 1.807) is 6.07 Å². The molecule has 1 fully saturated rings. The Morgan fingerprint density at radius 1 is 1.42 bits per heavy atom. The molecule has 1 N–H and O–H groups in total. The van der Waals surface area contributed by atoms with Gasteiger partial charge in [-0.1, -0.05) is 24.6 Å². The van der Waals surface area contributed by atoms with Crippen LogP contribution >= 0.6 is 0 Å². The lowest BCUT2D eigenvalue weighted by molar-refractivity contribution is 0.0692. The van der Waals surface area contributed by atoms with E-state index >= 15 is 0 Å². The van der Waals surface area contributed by atoms with E-state index in [2.05, 4.69) is 4.90 Å². The van der Waals surface area contributed by atoms with Gasteiger partial charge in [-0.25, -0.2) is 4.79 Å². The smallest absolute Gasteiger partial charge is 0.339 e. The van der Waals surface area contributed by atoms with Crippen molar-refractivity contribution in [3.63, 3.8) is 0 Å². The number of carboxylic acid groups (broad SMARTS) is 1. The maximum Gasteiger partial charge on any atom is 0.339 e. The lowest BCUT2D eigenvalue weighted by Gasteiger charge is -2.34. The second-order valence-electron chi connectivity index (χ2n) is 5.20. The van der Waals surface area contributed by atoms with Crippen LogP contribution in [-0.4, -0.2) is 29.1 Å². The van der Waals surface area contributed by atoms with Gasteiger partial charge in [-0.2, -0.15) is 0 Å². The highest BCUT2D eigenvalue weighted by molar-refractivity contribution is 6.03. The van der Waals surface area contributed by atoms with Crippen LogP contribution in [0.15, 0.2) is 28.7 Å².